The van der Waals surface area contributed by atoms with Crippen LogP contribution in [0, 0.1) is 0 Å². The third-order valence-corrected chi connectivity index (χ3v) is 6.65. The van der Waals surface area contributed by atoms with Gasteiger partial charge in [0.1, 0.15) is 6.04 Å². The van der Waals surface area contributed by atoms with Crippen LogP contribution >= 0.6 is 23.5 Å². The lowest BCUT2D eigenvalue weighted by molar-refractivity contribution is -0.141. The first-order valence-electron chi connectivity index (χ1n) is 7.04. The van der Waals surface area contributed by atoms with Gasteiger partial charge in [-0.2, -0.15) is 11.8 Å². The molecule has 2 fully saturated rings. The first-order chi connectivity index (χ1) is 9.58. The predicted molar refractivity (Wildman–Crippen MR) is 83.3 cm³/mol. The molecule has 2 amide bonds. The van der Waals surface area contributed by atoms with Gasteiger partial charge in [-0.05, 0) is 25.5 Å². The van der Waals surface area contributed by atoms with Gasteiger partial charge in [0.25, 0.3) is 0 Å². The molecule has 20 heavy (non-hydrogen) atoms. The Balaban J connectivity index is 2.03. The Morgan fingerprint density at radius 1 is 1.45 bits per heavy atom. The van der Waals surface area contributed by atoms with Gasteiger partial charge in [0, 0.05) is 17.0 Å². The summed E-state index contributed by atoms with van der Waals surface area (Å²) in [5.74, 6) is -0.422. The van der Waals surface area contributed by atoms with Gasteiger partial charge in [0.15, 0.2) is 0 Å². The van der Waals surface area contributed by atoms with Gasteiger partial charge in [-0.25, -0.2) is 9.59 Å². The third-order valence-electron chi connectivity index (χ3n) is 4.03. The number of carboxylic acids is 1. The topological polar surface area (TPSA) is 69.6 Å². The van der Waals surface area contributed by atoms with E-state index in [-0.39, 0.29) is 17.4 Å². The number of carbonyl (C=O) groups excluding carboxylic acids is 1. The molecular weight excluding hydrogens is 296 g/mol. The third kappa shape index (κ3) is 3.19. The van der Waals surface area contributed by atoms with Crippen molar-refractivity contribution in [2.75, 3.05) is 12.0 Å². The van der Waals surface area contributed by atoms with Crippen molar-refractivity contribution in [2.24, 2.45) is 0 Å². The number of carbonyl (C=O) groups is 2. The smallest absolute Gasteiger partial charge is 0.327 e. The van der Waals surface area contributed by atoms with Crippen LogP contribution in [0.1, 0.15) is 32.6 Å². The lowest BCUT2D eigenvalue weighted by Gasteiger charge is -2.29. The van der Waals surface area contributed by atoms with Crippen molar-refractivity contribution in [1.82, 2.24) is 10.2 Å². The highest BCUT2D eigenvalue weighted by molar-refractivity contribution is 8.00. The Kier molecular flexibility index (Phi) is 5.49. The fraction of sp³-hybridized carbons (Fsp3) is 0.846. The van der Waals surface area contributed by atoms with Gasteiger partial charge in [-0.3, -0.25) is 4.90 Å². The molecule has 0 spiro atoms. The van der Waals surface area contributed by atoms with Crippen molar-refractivity contribution < 1.29 is 14.7 Å². The van der Waals surface area contributed by atoms with E-state index >= 15 is 0 Å². The average molecular weight is 318 g/mol. The lowest BCUT2D eigenvalue weighted by Crippen LogP contribution is -2.53. The van der Waals surface area contributed by atoms with Crippen LogP contribution in [0.15, 0.2) is 0 Å². The highest BCUT2D eigenvalue weighted by Gasteiger charge is 2.42. The van der Waals surface area contributed by atoms with Crippen LogP contribution in [0.25, 0.3) is 0 Å². The Labute approximate surface area is 128 Å². The van der Waals surface area contributed by atoms with Gasteiger partial charge in [-0.15, -0.1) is 11.8 Å². The van der Waals surface area contributed by atoms with E-state index in [1.165, 1.54) is 4.90 Å². The number of nitrogens with one attached hydrogen (secondary N) is 1. The number of nitrogens with zero attached hydrogens (tertiary/aromatic N) is 1. The molecule has 1 aliphatic carbocycles. The second-order valence-electron chi connectivity index (χ2n) is 5.22. The van der Waals surface area contributed by atoms with Crippen molar-refractivity contribution in [2.45, 2.75) is 55.3 Å². The lowest BCUT2D eigenvalue weighted by atomic mass is 10.2. The van der Waals surface area contributed by atoms with E-state index in [9.17, 15) is 14.7 Å². The minimum Gasteiger partial charge on any atom is -0.480 e. The maximum absolute atomic E-state index is 12.5. The molecule has 2 N–H and O–H groups in total. The minimum absolute atomic E-state index is 0.0229. The highest BCUT2D eigenvalue weighted by Crippen LogP contribution is 2.33. The molecule has 4 atom stereocenters. The molecular formula is C13H22N2O3S2. The maximum atomic E-state index is 12.5. The van der Waals surface area contributed by atoms with Gasteiger partial charge in [0.2, 0.25) is 0 Å². The van der Waals surface area contributed by atoms with Crippen molar-refractivity contribution in [3.8, 4) is 0 Å². The molecule has 0 aromatic carbocycles. The van der Waals surface area contributed by atoms with Gasteiger partial charge in [0.05, 0.1) is 5.37 Å². The second-order valence-corrected chi connectivity index (χ2v) is 7.51. The number of amides is 2. The van der Waals surface area contributed by atoms with E-state index < -0.39 is 12.0 Å². The van der Waals surface area contributed by atoms with E-state index in [1.807, 2.05) is 6.92 Å². The molecule has 0 radical (unpaired) electrons. The summed E-state index contributed by atoms with van der Waals surface area (Å²) in [5.41, 5.74) is 0. The summed E-state index contributed by atoms with van der Waals surface area (Å²) in [6.45, 7) is 1.99. The molecule has 1 saturated carbocycles. The summed E-state index contributed by atoms with van der Waals surface area (Å²) < 4.78 is 0. The Bertz CT molecular complexity index is 381. The second kappa shape index (κ2) is 6.93. The number of thioether (sulfide) groups is 2. The predicted octanol–water partition coefficient (Wildman–Crippen LogP) is 2.22. The van der Waals surface area contributed by atoms with Crippen molar-refractivity contribution >= 4 is 35.5 Å². The zero-order valence-electron chi connectivity index (χ0n) is 11.9. The van der Waals surface area contributed by atoms with Crippen LogP contribution in [0.4, 0.5) is 4.79 Å². The summed E-state index contributed by atoms with van der Waals surface area (Å²) in [5, 5.41) is 12.8. The van der Waals surface area contributed by atoms with Crippen molar-refractivity contribution in [3.63, 3.8) is 0 Å². The van der Waals surface area contributed by atoms with E-state index in [2.05, 4.69) is 11.6 Å². The highest BCUT2D eigenvalue weighted by atomic mass is 32.2. The Morgan fingerprint density at radius 3 is 2.80 bits per heavy atom. The van der Waals surface area contributed by atoms with Crippen LogP contribution < -0.4 is 5.32 Å². The number of hydrogen-bond acceptors (Lipinski definition) is 4. The molecule has 5 nitrogen and oxygen atoms in total. The van der Waals surface area contributed by atoms with E-state index in [1.54, 1.807) is 23.5 Å². The zero-order valence-corrected chi connectivity index (χ0v) is 13.5. The number of carboxylic acid groups (broad SMARTS) is 1. The van der Waals surface area contributed by atoms with E-state index in [0.29, 0.717) is 11.0 Å². The van der Waals surface area contributed by atoms with Crippen LogP contribution in [-0.4, -0.2) is 56.7 Å². The summed E-state index contributed by atoms with van der Waals surface area (Å²) >= 11 is 3.34. The number of urea groups is 1. The molecule has 1 heterocycles. The van der Waals surface area contributed by atoms with Crippen molar-refractivity contribution in [1.29, 1.82) is 0 Å². The molecule has 7 heteroatoms. The van der Waals surface area contributed by atoms with Crippen LogP contribution in [-0.2, 0) is 4.79 Å². The summed E-state index contributed by atoms with van der Waals surface area (Å²) in [6.07, 6.45) is 6.09. The normalized spacial score (nSPS) is 33.4. The van der Waals surface area contributed by atoms with Crippen LogP contribution in [0.5, 0.6) is 0 Å². The average Bonchev–Trinajstić information content (AvgIpc) is 3.03. The first-order valence-corrected chi connectivity index (χ1v) is 9.38. The van der Waals surface area contributed by atoms with Crippen molar-refractivity contribution in [3.05, 3.63) is 0 Å². The number of rotatable bonds is 4. The van der Waals surface area contributed by atoms with Gasteiger partial charge in [-0.1, -0.05) is 13.3 Å². The summed E-state index contributed by atoms with van der Waals surface area (Å²) in [4.78, 5) is 25.3. The van der Waals surface area contributed by atoms with Crippen LogP contribution in [0.3, 0.4) is 0 Å². The summed E-state index contributed by atoms with van der Waals surface area (Å²) in [6, 6.07) is -0.727. The minimum atomic E-state index is -0.906. The summed E-state index contributed by atoms with van der Waals surface area (Å²) in [7, 11) is 0. The number of hydrogen-bond donors (Lipinski definition) is 2. The molecule has 4 unspecified atom stereocenters. The van der Waals surface area contributed by atoms with Gasteiger partial charge < -0.3 is 10.4 Å². The molecule has 0 aromatic heterocycles. The Hall–Kier alpha value is -0.560. The molecule has 2 rings (SSSR count). The quantitative estimate of drug-likeness (QED) is 0.832. The molecule has 1 saturated heterocycles. The standard InChI is InChI=1S/C13H22N2O3S2/c1-3-11-15(9(7-20-11)12(16)17)13(18)14-8-5-4-6-10(8)19-2/h8-11H,3-7H2,1-2H3,(H,14,18)(H,16,17). The first kappa shape index (κ1) is 15.8. The number of aliphatic carboxylic acids is 1. The monoisotopic (exact) mass is 318 g/mol. The van der Waals surface area contributed by atoms with Gasteiger partial charge >= 0.3 is 12.0 Å². The molecule has 2 aliphatic rings. The fourth-order valence-electron chi connectivity index (χ4n) is 2.95. The van der Waals surface area contributed by atoms with E-state index in [4.69, 9.17) is 0 Å². The SMILES string of the molecule is CCC1SCC(C(=O)O)N1C(=O)NC1CCCC1SC. The fourth-order valence-corrected chi connectivity index (χ4v) is 5.23. The molecule has 0 aromatic rings. The molecule has 1 aliphatic heterocycles. The Morgan fingerprint density at radius 2 is 2.20 bits per heavy atom. The zero-order chi connectivity index (χ0) is 14.7. The largest absolute Gasteiger partial charge is 0.480 e. The van der Waals surface area contributed by atoms with E-state index in [0.717, 1.165) is 25.7 Å². The maximum Gasteiger partial charge on any atom is 0.327 e. The molecule has 0 bridgehead atoms. The molecule has 114 valence electrons. The van der Waals surface area contributed by atoms with Crippen LogP contribution in [0.2, 0.25) is 0 Å².